The van der Waals surface area contributed by atoms with Crippen LogP contribution in [0.4, 0.5) is 0 Å². The van der Waals surface area contributed by atoms with Crippen molar-refractivity contribution in [3.05, 3.63) is 71.8 Å². The topological polar surface area (TPSA) is 149 Å². The monoisotopic (exact) mass is 677 g/mol. The van der Waals surface area contributed by atoms with Gasteiger partial charge in [-0.25, -0.2) is 0 Å². The highest BCUT2D eigenvalue weighted by Gasteiger charge is 2.50. The number of benzene rings is 2. The minimum Gasteiger partial charge on any atom is -0.361 e. The number of ketones is 1. The number of carbonyl (C=O) groups excluding carboxylic acids is 5. The quantitative estimate of drug-likeness (QED) is 0.158. The number of hydrogen-bond acceptors (Lipinski definition) is 7. The van der Waals surface area contributed by atoms with Crippen molar-refractivity contribution in [1.29, 1.82) is 0 Å². The van der Waals surface area contributed by atoms with Gasteiger partial charge in [0.05, 0.1) is 19.2 Å². The standard InChI is InChI=1S/C38H55N5O6/c1-25(2)20-30(34(45)38(5)24-49-38)40-37(48)32(22-28-16-12-9-13-17-28)42-36(47)31(21-26(3)4)41-35(46)29(39-33(44)23-43(6)7)19-18-27-14-10-8-11-15-27/h8-17,25-26,29-32H,18-24H2,1-7H3,(H,39,44)(H,40,48)(H,41,46)(H,42,47)/t29-,30-,31?,32-,38+/m0/s1. The van der Waals surface area contributed by atoms with E-state index in [0.717, 1.165) is 11.1 Å². The predicted octanol–water partition coefficient (Wildman–Crippen LogP) is 2.81. The maximum Gasteiger partial charge on any atom is 0.243 e. The normalized spacial score (nSPS) is 17.9. The maximum absolute atomic E-state index is 14.0. The van der Waals surface area contributed by atoms with E-state index in [9.17, 15) is 24.0 Å². The number of carbonyl (C=O) groups is 5. The van der Waals surface area contributed by atoms with Crippen LogP contribution in [0.15, 0.2) is 60.7 Å². The van der Waals surface area contributed by atoms with Crippen LogP contribution in [0.25, 0.3) is 0 Å². The van der Waals surface area contributed by atoms with Crippen molar-refractivity contribution in [2.45, 2.75) is 96.5 Å². The Kier molecular flexibility index (Phi) is 14.9. The zero-order chi connectivity index (χ0) is 36.1. The zero-order valence-corrected chi connectivity index (χ0v) is 30.1. The summed E-state index contributed by atoms with van der Waals surface area (Å²) in [7, 11) is 3.54. The van der Waals surface area contributed by atoms with E-state index in [-0.39, 0.29) is 36.5 Å². The summed E-state index contributed by atoms with van der Waals surface area (Å²) >= 11 is 0. The molecule has 0 bridgehead atoms. The Labute approximate surface area is 291 Å². The molecule has 268 valence electrons. The average molecular weight is 678 g/mol. The SMILES string of the molecule is CC(C)CC(NC(=O)[C@H](CCc1ccccc1)NC(=O)CN(C)C)C(=O)N[C@@H](Cc1ccccc1)C(=O)N[C@@H](CC(C)C)C(=O)[C@@]1(C)CO1. The molecule has 0 spiro atoms. The number of Topliss-reactive ketones (excluding diaryl/α,β-unsaturated/α-hetero) is 1. The van der Waals surface area contributed by atoms with Crippen LogP contribution >= 0.6 is 0 Å². The van der Waals surface area contributed by atoms with Gasteiger partial charge < -0.3 is 30.9 Å². The number of likely N-dealkylation sites (N-methyl/N-ethyl adjacent to an activating group) is 1. The van der Waals surface area contributed by atoms with Crippen molar-refractivity contribution in [3.8, 4) is 0 Å². The van der Waals surface area contributed by atoms with Gasteiger partial charge >= 0.3 is 0 Å². The van der Waals surface area contributed by atoms with E-state index in [1.165, 1.54) is 0 Å². The molecule has 5 atom stereocenters. The third-order valence-corrected chi connectivity index (χ3v) is 8.37. The second kappa shape index (κ2) is 18.6. The number of nitrogens with zero attached hydrogens (tertiary/aromatic N) is 1. The van der Waals surface area contributed by atoms with Gasteiger partial charge in [-0.2, -0.15) is 0 Å². The lowest BCUT2D eigenvalue weighted by Gasteiger charge is -2.28. The number of rotatable bonds is 20. The molecule has 1 aliphatic heterocycles. The van der Waals surface area contributed by atoms with E-state index in [4.69, 9.17) is 4.74 Å². The Morgan fingerprint density at radius 3 is 1.69 bits per heavy atom. The van der Waals surface area contributed by atoms with Crippen molar-refractivity contribution in [3.63, 3.8) is 0 Å². The van der Waals surface area contributed by atoms with Gasteiger partial charge in [-0.15, -0.1) is 0 Å². The number of ether oxygens (including phenoxy) is 1. The summed E-state index contributed by atoms with van der Waals surface area (Å²) in [4.78, 5) is 69.4. The Hall–Kier alpha value is -4.09. The minimum atomic E-state index is -1.02. The van der Waals surface area contributed by atoms with Crippen LogP contribution in [0.2, 0.25) is 0 Å². The van der Waals surface area contributed by atoms with Crippen LogP contribution in [0.1, 0.15) is 65.0 Å². The highest BCUT2D eigenvalue weighted by molar-refractivity contribution is 5.98. The van der Waals surface area contributed by atoms with Crippen molar-refractivity contribution < 1.29 is 28.7 Å². The molecule has 1 saturated heterocycles. The Morgan fingerprint density at radius 2 is 1.16 bits per heavy atom. The van der Waals surface area contributed by atoms with E-state index < -0.39 is 47.5 Å². The fourth-order valence-corrected chi connectivity index (χ4v) is 5.65. The summed E-state index contributed by atoms with van der Waals surface area (Å²) in [5.41, 5.74) is 0.919. The summed E-state index contributed by atoms with van der Waals surface area (Å²) < 4.78 is 5.39. The third kappa shape index (κ3) is 13.4. The molecule has 1 aliphatic rings. The van der Waals surface area contributed by atoms with Crippen LogP contribution in [-0.2, 0) is 41.6 Å². The molecule has 0 aliphatic carbocycles. The van der Waals surface area contributed by atoms with Gasteiger partial charge in [-0.05, 0) is 69.7 Å². The third-order valence-electron chi connectivity index (χ3n) is 8.37. The molecule has 4 N–H and O–H groups in total. The van der Waals surface area contributed by atoms with E-state index >= 15 is 0 Å². The summed E-state index contributed by atoms with van der Waals surface area (Å²) in [6.07, 6.45) is 1.78. The summed E-state index contributed by atoms with van der Waals surface area (Å²) in [6, 6.07) is 15.3. The van der Waals surface area contributed by atoms with Crippen LogP contribution in [0.3, 0.4) is 0 Å². The zero-order valence-electron chi connectivity index (χ0n) is 30.1. The molecular weight excluding hydrogens is 622 g/mol. The lowest BCUT2D eigenvalue weighted by Crippen LogP contribution is -2.59. The van der Waals surface area contributed by atoms with Crippen LogP contribution in [0, 0.1) is 11.8 Å². The average Bonchev–Trinajstić information content (AvgIpc) is 3.79. The first-order valence-corrected chi connectivity index (χ1v) is 17.3. The van der Waals surface area contributed by atoms with Crippen molar-refractivity contribution in [1.82, 2.24) is 26.2 Å². The molecule has 3 rings (SSSR count). The molecule has 49 heavy (non-hydrogen) atoms. The first-order valence-electron chi connectivity index (χ1n) is 17.3. The molecule has 1 unspecified atom stereocenters. The number of hydrogen-bond donors (Lipinski definition) is 4. The van der Waals surface area contributed by atoms with Gasteiger partial charge in [-0.1, -0.05) is 88.4 Å². The highest BCUT2D eigenvalue weighted by Crippen LogP contribution is 2.29. The number of epoxide rings is 1. The Bertz CT molecular complexity index is 1390. The van der Waals surface area contributed by atoms with E-state index in [2.05, 4.69) is 21.3 Å². The van der Waals surface area contributed by atoms with Crippen LogP contribution in [0.5, 0.6) is 0 Å². The van der Waals surface area contributed by atoms with Crippen LogP contribution < -0.4 is 21.3 Å². The molecule has 11 heteroatoms. The van der Waals surface area contributed by atoms with Gasteiger partial charge in [0.15, 0.2) is 5.78 Å². The van der Waals surface area contributed by atoms with Crippen molar-refractivity contribution in [2.24, 2.45) is 11.8 Å². The summed E-state index contributed by atoms with van der Waals surface area (Å²) in [5.74, 6) is -1.85. The number of aryl methyl sites for hydroxylation is 1. The largest absolute Gasteiger partial charge is 0.361 e. The second-order valence-corrected chi connectivity index (χ2v) is 14.4. The molecule has 0 aromatic heterocycles. The van der Waals surface area contributed by atoms with E-state index in [1.54, 1.807) is 25.9 Å². The lowest BCUT2D eigenvalue weighted by atomic mass is 9.93. The van der Waals surface area contributed by atoms with Gasteiger partial charge in [-0.3, -0.25) is 24.0 Å². The summed E-state index contributed by atoms with van der Waals surface area (Å²) in [5, 5.41) is 11.5. The molecule has 11 nitrogen and oxygen atoms in total. The molecular formula is C38H55N5O6. The number of amides is 4. The van der Waals surface area contributed by atoms with E-state index in [1.807, 2.05) is 88.4 Å². The second-order valence-electron chi connectivity index (χ2n) is 14.4. The first-order chi connectivity index (χ1) is 23.2. The van der Waals surface area contributed by atoms with Crippen LogP contribution in [-0.4, -0.2) is 91.3 Å². The number of nitrogens with one attached hydrogen (secondary N) is 4. The first kappa shape index (κ1) is 39.3. The Balaban J connectivity index is 1.82. The molecule has 1 fully saturated rings. The molecule has 2 aromatic carbocycles. The van der Waals surface area contributed by atoms with Gasteiger partial charge in [0.25, 0.3) is 0 Å². The van der Waals surface area contributed by atoms with E-state index in [0.29, 0.717) is 32.3 Å². The molecule has 0 radical (unpaired) electrons. The highest BCUT2D eigenvalue weighted by atomic mass is 16.6. The molecule has 2 aromatic rings. The smallest absolute Gasteiger partial charge is 0.243 e. The predicted molar refractivity (Wildman–Crippen MR) is 189 cm³/mol. The summed E-state index contributed by atoms with van der Waals surface area (Å²) in [6.45, 7) is 9.95. The van der Waals surface area contributed by atoms with Crippen molar-refractivity contribution >= 4 is 29.4 Å². The van der Waals surface area contributed by atoms with Gasteiger partial charge in [0, 0.05) is 6.42 Å². The van der Waals surface area contributed by atoms with Crippen molar-refractivity contribution in [2.75, 3.05) is 27.2 Å². The molecule has 1 heterocycles. The van der Waals surface area contributed by atoms with Gasteiger partial charge in [0.2, 0.25) is 23.6 Å². The fourth-order valence-electron chi connectivity index (χ4n) is 5.65. The minimum absolute atomic E-state index is 0.0240. The maximum atomic E-state index is 14.0. The lowest BCUT2D eigenvalue weighted by molar-refractivity contribution is -0.135. The molecule has 4 amide bonds. The Morgan fingerprint density at radius 1 is 0.694 bits per heavy atom. The fraction of sp³-hybridized carbons (Fsp3) is 0.553. The molecule has 0 saturated carbocycles. The van der Waals surface area contributed by atoms with Gasteiger partial charge in [0.1, 0.15) is 23.7 Å².